The van der Waals surface area contributed by atoms with Crippen LogP contribution >= 0.6 is 0 Å². The van der Waals surface area contributed by atoms with Crippen molar-refractivity contribution in [2.24, 2.45) is 5.73 Å². The van der Waals surface area contributed by atoms with Crippen molar-refractivity contribution in [3.05, 3.63) is 35.9 Å². The Bertz CT molecular complexity index is 1050. The zero-order valence-corrected chi connectivity index (χ0v) is 23.7. The summed E-state index contributed by atoms with van der Waals surface area (Å²) in [6, 6.07) is 8.07. The molecule has 1 heterocycles. The third-order valence-corrected chi connectivity index (χ3v) is 6.84. The molecule has 0 spiro atoms. The lowest BCUT2D eigenvalue weighted by atomic mass is 9.98. The molecule has 1 saturated carbocycles. The highest BCUT2D eigenvalue weighted by Gasteiger charge is 2.35. The molecule has 11 heteroatoms. The maximum Gasteiger partial charge on any atom is 0.326 e. The highest BCUT2D eigenvalue weighted by atomic mass is 16.6. The van der Waals surface area contributed by atoms with Gasteiger partial charge in [0.05, 0.1) is 12.6 Å². The van der Waals surface area contributed by atoms with Crippen molar-refractivity contribution in [2.45, 2.75) is 96.1 Å². The van der Waals surface area contributed by atoms with Crippen molar-refractivity contribution in [3.8, 4) is 0 Å². The maximum absolute atomic E-state index is 13.6. The molecule has 0 aromatic heterocycles. The molecule has 2 aliphatic rings. The fraction of sp³-hybridized carbons (Fsp3) is 0.621. The molecule has 1 aromatic rings. The van der Waals surface area contributed by atoms with Crippen LogP contribution in [0.4, 0.5) is 0 Å². The zero-order chi connectivity index (χ0) is 29.3. The van der Waals surface area contributed by atoms with Gasteiger partial charge in [0.15, 0.2) is 0 Å². The summed E-state index contributed by atoms with van der Waals surface area (Å²) in [5, 5.41) is 2.52. The minimum absolute atomic E-state index is 0.00606. The highest BCUT2D eigenvalue weighted by Crippen LogP contribution is 2.21. The summed E-state index contributed by atoms with van der Waals surface area (Å²) in [7, 11) is 0. The number of ether oxygens (including phenoxy) is 2. The molecule has 0 bridgehead atoms. The molecule has 2 atom stereocenters. The summed E-state index contributed by atoms with van der Waals surface area (Å²) in [6.45, 7) is 4.66. The Labute approximate surface area is 235 Å². The zero-order valence-electron chi connectivity index (χ0n) is 23.7. The van der Waals surface area contributed by atoms with E-state index in [1.807, 2.05) is 30.3 Å². The van der Waals surface area contributed by atoms with Crippen LogP contribution in [0.5, 0.6) is 0 Å². The van der Waals surface area contributed by atoms with Crippen molar-refractivity contribution in [2.75, 3.05) is 19.6 Å². The Morgan fingerprint density at radius 1 is 1.02 bits per heavy atom. The van der Waals surface area contributed by atoms with Crippen molar-refractivity contribution >= 4 is 29.7 Å². The first kappa shape index (κ1) is 31.1. The molecule has 3 amide bonds. The number of rotatable bonds is 8. The fourth-order valence-corrected chi connectivity index (χ4v) is 4.95. The van der Waals surface area contributed by atoms with Crippen LogP contribution in [0, 0.1) is 0 Å². The number of nitrogens with two attached hydrogens (primary N) is 1. The summed E-state index contributed by atoms with van der Waals surface area (Å²) in [4.78, 5) is 67.7. The summed E-state index contributed by atoms with van der Waals surface area (Å²) in [5.41, 5.74) is 6.51. The molecule has 11 nitrogen and oxygen atoms in total. The van der Waals surface area contributed by atoms with Crippen molar-refractivity contribution in [3.63, 3.8) is 0 Å². The van der Waals surface area contributed by atoms with Gasteiger partial charge in [-0.05, 0) is 52.0 Å². The van der Waals surface area contributed by atoms with Gasteiger partial charge in [0, 0.05) is 19.5 Å². The third-order valence-electron chi connectivity index (χ3n) is 6.84. The normalized spacial score (nSPS) is 20.5. The Morgan fingerprint density at radius 3 is 2.35 bits per heavy atom. The average molecular weight is 559 g/mol. The lowest BCUT2D eigenvalue weighted by Crippen LogP contribution is -2.57. The van der Waals surface area contributed by atoms with Gasteiger partial charge in [-0.2, -0.15) is 0 Å². The molecule has 0 unspecified atom stereocenters. The van der Waals surface area contributed by atoms with Gasteiger partial charge in [0.1, 0.15) is 30.7 Å². The Morgan fingerprint density at radius 2 is 1.70 bits per heavy atom. The molecule has 2 fully saturated rings. The van der Waals surface area contributed by atoms with Crippen LogP contribution in [0.2, 0.25) is 0 Å². The third kappa shape index (κ3) is 9.93. The predicted octanol–water partition coefficient (Wildman–Crippen LogP) is 1.67. The summed E-state index contributed by atoms with van der Waals surface area (Å²) in [6.07, 6.45) is 2.96. The number of carbonyl (C=O) groups is 5. The van der Waals surface area contributed by atoms with Crippen LogP contribution in [-0.4, -0.2) is 83.0 Å². The second-order valence-corrected chi connectivity index (χ2v) is 11.4. The molecular weight excluding hydrogens is 516 g/mol. The van der Waals surface area contributed by atoms with Crippen LogP contribution in [0.3, 0.4) is 0 Å². The van der Waals surface area contributed by atoms with E-state index in [9.17, 15) is 24.0 Å². The van der Waals surface area contributed by atoms with E-state index in [1.165, 1.54) is 9.80 Å². The van der Waals surface area contributed by atoms with Gasteiger partial charge in [-0.1, -0.05) is 36.8 Å². The number of nitrogens with zero attached hydrogens (tertiary/aromatic N) is 2. The molecule has 3 rings (SSSR count). The van der Waals surface area contributed by atoms with Gasteiger partial charge in [-0.3, -0.25) is 24.0 Å². The van der Waals surface area contributed by atoms with E-state index in [0.29, 0.717) is 6.42 Å². The second-order valence-electron chi connectivity index (χ2n) is 11.4. The number of amides is 3. The van der Waals surface area contributed by atoms with Gasteiger partial charge < -0.3 is 30.3 Å². The predicted molar refractivity (Wildman–Crippen MR) is 146 cm³/mol. The van der Waals surface area contributed by atoms with Crippen LogP contribution in [-0.2, 0) is 39.9 Å². The average Bonchev–Trinajstić information content (AvgIpc) is 2.87. The van der Waals surface area contributed by atoms with Crippen molar-refractivity contribution in [1.82, 2.24) is 15.1 Å². The van der Waals surface area contributed by atoms with Crippen LogP contribution in [0.25, 0.3) is 0 Å². The molecule has 3 N–H and O–H groups in total. The van der Waals surface area contributed by atoms with Crippen LogP contribution in [0.15, 0.2) is 30.3 Å². The standard InChI is InChI=1S/C29H42N4O7/c1-29(2,3)40-27(37)19-32-14-15-33(23(30)16-20-10-6-4-7-11-20)25(35)18-24(34)31-22(28(32)38)17-26(36)39-21-12-8-5-9-13-21/h4,6-7,10-11,21-23H,5,8-9,12-19,30H2,1-3H3,(H,31,34)/t22-,23-/m0/s1. The Balaban J connectivity index is 1.79. The minimum atomic E-state index is -1.29. The topological polar surface area (TPSA) is 148 Å². The molecule has 0 radical (unpaired) electrons. The molecule has 1 saturated heterocycles. The number of esters is 2. The van der Waals surface area contributed by atoms with E-state index in [-0.39, 0.29) is 19.2 Å². The molecular formula is C29H42N4O7. The van der Waals surface area contributed by atoms with Gasteiger partial charge in [0.25, 0.3) is 0 Å². The molecule has 40 heavy (non-hydrogen) atoms. The van der Waals surface area contributed by atoms with E-state index < -0.39 is 66.9 Å². The number of hydrogen-bond acceptors (Lipinski definition) is 8. The lowest BCUT2D eigenvalue weighted by molar-refractivity contribution is -0.160. The monoisotopic (exact) mass is 558 g/mol. The van der Waals surface area contributed by atoms with E-state index in [2.05, 4.69) is 5.32 Å². The van der Waals surface area contributed by atoms with Gasteiger partial charge in [0.2, 0.25) is 17.7 Å². The minimum Gasteiger partial charge on any atom is -0.462 e. The largest absolute Gasteiger partial charge is 0.462 e. The molecule has 1 aromatic carbocycles. The van der Waals surface area contributed by atoms with Gasteiger partial charge in [-0.15, -0.1) is 0 Å². The fourth-order valence-electron chi connectivity index (χ4n) is 4.95. The van der Waals surface area contributed by atoms with Crippen LogP contribution < -0.4 is 11.1 Å². The number of benzene rings is 1. The first-order valence-corrected chi connectivity index (χ1v) is 14.0. The number of hydrogen-bond donors (Lipinski definition) is 2. The summed E-state index contributed by atoms with van der Waals surface area (Å²) in [5.74, 6) is -3.14. The van der Waals surface area contributed by atoms with Crippen molar-refractivity contribution in [1.29, 1.82) is 0 Å². The maximum atomic E-state index is 13.6. The molecule has 220 valence electrons. The summed E-state index contributed by atoms with van der Waals surface area (Å²) < 4.78 is 11.0. The van der Waals surface area contributed by atoms with E-state index in [0.717, 1.165) is 37.7 Å². The number of carbonyl (C=O) groups excluding carboxylic acids is 5. The van der Waals surface area contributed by atoms with E-state index in [4.69, 9.17) is 15.2 Å². The lowest BCUT2D eigenvalue weighted by Gasteiger charge is -2.35. The first-order chi connectivity index (χ1) is 18.9. The summed E-state index contributed by atoms with van der Waals surface area (Å²) >= 11 is 0. The highest BCUT2D eigenvalue weighted by molar-refractivity contribution is 6.00. The quantitative estimate of drug-likeness (QED) is 0.362. The smallest absolute Gasteiger partial charge is 0.326 e. The Hall–Kier alpha value is -3.47. The van der Waals surface area contributed by atoms with Gasteiger partial charge >= 0.3 is 11.9 Å². The van der Waals surface area contributed by atoms with E-state index in [1.54, 1.807) is 20.8 Å². The first-order valence-electron chi connectivity index (χ1n) is 14.0. The van der Waals surface area contributed by atoms with Crippen LogP contribution in [0.1, 0.15) is 71.3 Å². The second kappa shape index (κ2) is 14.2. The Kier molecular flexibility index (Phi) is 11.1. The molecule has 1 aliphatic heterocycles. The molecule has 1 aliphatic carbocycles. The SMILES string of the molecule is CC(C)(C)OC(=O)CN1CCN([C@H](N)Cc2ccccc2)C(=O)CC(=O)N[C@@H](CC(=O)OC2CCCCC2)C1=O. The van der Waals surface area contributed by atoms with E-state index >= 15 is 0 Å². The van der Waals surface area contributed by atoms with Crippen molar-refractivity contribution < 1.29 is 33.4 Å². The van der Waals surface area contributed by atoms with Gasteiger partial charge in [-0.25, -0.2) is 0 Å². The number of nitrogens with one attached hydrogen (secondary N) is 1.